The highest BCUT2D eigenvalue weighted by atomic mass is 35.5. The molecule has 8 nitrogen and oxygen atoms in total. The number of ether oxygens (including phenoxy) is 1. The molecule has 0 bridgehead atoms. The van der Waals surface area contributed by atoms with Gasteiger partial charge in [-0.1, -0.05) is 41.0 Å². The van der Waals surface area contributed by atoms with E-state index in [-0.39, 0.29) is 18.1 Å². The largest absolute Gasteiger partial charge is 0.381 e. The molecule has 2 heterocycles. The Kier molecular flexibility index (Phi) is 5.87. The quantitative estimate of drug-likeness (QED) is 0.291. The van der Waals surface area contributed by atoms with Gasteiger partial charge in [0.2, 0.25) is 0 Å². The van der Waals surface area contributed by atoms with Crippen molar-refractivity contribution in [3.8, 4) is 0 Å². The van der Waals surface area contributed by atoms with Crippen LogP contribution in [0.3, 0.4) is 0 Å². The monoisotopic (exact) mass is 411 g/mol. The summed E-state index contributed by atoms with van der Waals surface area (Å²) in [4.78, 5) is 7.78. The first-order valence-electron chi connectivity index (χ1n) is 9.52. The highest BCUT2D eigenvalue weighted by Gasteiger charge is 2.41. The van der Waals surface area contributed by atoms with Gasteiger partial charge in [0.25, 0.3) is 0 Å². The van der Waals surface area contributed by atoms with Crippen molar-refractivity contribution in [1.82, 2.24) is 10.9 Å². The Morgan fingerprint density at radius 3 is 2.86 bits per heavy atom. The molecule has 1 saturated heterocycles. The topological polar surface area (TPSA) is 106 Å². The van der Waals surface area contributed by atoms with Gasteiger partial charge in [-0.05, 0) is 35.4 Å². The predicted molar refractivity (Wildman–Crippen MR) is 114 cm³/mol. The molecule has 9 heteroatoms. The van der Waals surface area contributed by atoms with E-state index in [9.17, 15) is 0 Å². The number of rotatable bonds is 5. The minimum absolute atomic E-state index is 0.233. The average Bonchev–Trinajstić information content (AvgIpc) is 2.74. The van der Waals surface area contributed by atoms with E-state index in [1.165, 1.54) is 0 Å². The Morgan fingerprint density at radius 1 is 1.24 bits per heavy atom. The van der Waals surface area contributed by atoms with Gasteiger partial charge < -0.3 is 15.5 Å². The van der Waals surface area contributed by atoms with E-state index >= 15 is 0 Å². The summed E-state index contributed by atoms with van der Waals surface area (Å²) in [7, 11) is 0. The van der Waals surface area contributed by atoms with Crippen molar-refractivity contribution in [3.05, 3.63) is 69.6 Å². The van der Waals surface area contributed by atoms with Crippen molar-refractivity contribution in [2.75, 3.05) is 25.1 Å². The minimum atomic E-state index is -0.336. The second-order valence-corrected chi connectivity index (χ2v) is 7.52. The minimum Gasteiger partial charge on any atom is -0.381 e. The molecule has 4 rings (SSSR count). The molecule has 2 aliphatic rings. The number of hydrazine groups is 1. The summed E-state index contributed by atoms with van der Waals surface area (Å²) in [6.07, 6.45) is 1.60. The van der Waals surface area contributed by atoms with E-state index < -0.39 is 0 Å². The first-order chi connectivity index (χ1) is 14.2. The molecule has 3 N–H and O–H groups in total. The van der Waals surface area contributed by atoms with Gasteiger partial charge >= 0.3 is 0 Å². The number of hydrogen-bond acceptors (Lipinski definition) is 6. The average molecular weight is 412 g/mol. The zero-order valence-electron chi connectivity index (χ0n) is 15.8. The lowest BCUT2D eigenvalue weighted by Crippen LogP contribution is -2.60. The smallest absolute Gasteiger partial charge is 0.142 e. The van der Waals surface area contributed by atoms with Gasteiger partial charge in [0.1, 0.15) is 11.4 Å². The molecule has 1 spiro atoms. The number of aliphatic imine (C=N–C) groups is 1. The van der Waals surface area contributed by atoms with Crippen LogP contribution >= 0.6 is 11.6 Å². The maximum absolute atomic E-state index is 8.78. The molecule has 2 aromatic rings. The van der Waals surface area contributed by atoms with Crippen LogP contribution in [0.4, 0.5) is 11.4 Å². The van der Waals surface area contributed by atoms with Crippen molar-refractivity contribution in [2.45, 2.75) is 24.4 Å². The molecule has 2 aromatic carbocycles. The Morgan fingerprint density at radius 2 is 2.07 bits per heavy atom. The molecule has 150 valence electrons. The van der Waals surface area contributed by atoms with Crippen molar-refractivity contribution in [1.29, 1.82) is 0 Å². The highest BCUT2D eigenvalue weighted by Crippen LogP contribution is 2.37. The zero-order valence-corrected chi connectivity index (χ0v) is 16.6. The van der Waals surface area contributed by atoms with E-state index in [1.54, 1.807) is 0 Å². The maximum Gasteiger partial charge on any atom is 0.142 e. The lowest BCUT2D eigenvalue weighted by atomic mass is 9.86. The number of anilines is 1. The molecule has 1 unspecified atom stereocenters. The van der Waals surface area contributed by atoms with E-state index in [0.717, 1.165) is 35.6 Å². The summed E-state index contributed by atoms with van der Waals surface area (Å²) in [5.41, 5.74) is 17.8. The standard InChI is InChI=1S/C20H22ClN7O/c21-15-5-3-4-14(12-15)18(13-23-28-22)26-27-19-20(8-10-29-11-9-20)25-17-7-2-1-6-16(17)24-19/h1-7,12,18,25-26H,8-11,13H2,(H,24,27). The SMILES string of the molecule is [N-]=[N+]=NCC(NNC1=Nc2ccccc2NC12CCOCC2)c1cccc(Cl)c1. The molecule has 1 fully saturated rings. The molecule has 0 aromatic heterocycles. The Hall–Kier alpha value is -2.77. The number of hydrogen-bond donors (Lipinski definition) is 3. The van der Waals surface area contributed by atoms with Gasteiger partial charge in [-0.25, -0.2) is 10.4 Å². The van der Waals surface area contributed by atoms with Gasteiger partial charge in [0, 0.05) is 42.5 Å². The molecular weight excluding hydrogens is 390 g/mol. The van der Waals surface area contributed by atoms with Gasteiger partial charge in [0.05, 0.1) is 17.4 Å². The van der Waals surface area contributed by atoms with Crippen LogP contribution in [0.1, 0.15) is 24.4 Å². The summed E-state index contributed by atoms with van der Waals surface area (Å²) in [5.74, 6) is 0.799. The van der Waals surface area contributed by atoms with E-state index in [1.807, 2.05) is 48.5 Å². The number of para-hydroxylation sites is 2. The number of azide groups is 1. The van der Waals surface area contributed by atoms with Crippen LogP contribution in [-0.4, -0.2) is 31.1 Å². The summed E-state index contributed by atoms with van der Waals surface area (Å²) in [6, 6.07) is 15.2. The van der Waals surface area contributed by atoms with Crippen LogP contribution in [0.5, 0.6) is 0 Å². The summed E-state index contributed by atoms with van der Waals surface area (Å²) < 4.78 is 5.58. The predicted octanol–water partition coefficient (Wildman–Crippen LogP) is 4.49. The Balaban J connectivity index is 1.60. The third-order valence-corrected chi connectivity index (χ3v) is 5.49. The van der Waals surface area contributed by atoms with Gasteiger partial charge in [-0.15, -0.1) is 0 Å². The molecule has 0 aliphatic carbocycles. The molecule has 2 aliphatic heterocycles. The van der Waals surface area contributed by atoms with Crippen LogP contribution < -0.4 is 16.2 Å². The Bertz CT molecular complexity index is 951. The van der Waals surface area contributed by atoms with Crippen molar-refractivity contribution >= 4 is 28.8 Å². The third-order valence-electron chi connectivity index (χ3n) is 5.25. The third kappa shape index (κ3) is 4.31. The van der Waals surface area contributed by atoms with Gasteiger partial charge in [-0.2, -0.15) is 0 Å². The summed E-state index contributed by atoms with van der Waals surface area (Å²) >= 11 is 6.15. The van der Waals surface area contributed by atoms with Crippen LogP contribution in [0.25, 0.3) is 10.4 Å². The van der Waals surface area contributed by atoms with Gasteiger partial charge in [0.15, 0.2) is 0 Å². The molecular formula is C20H22ClN7O. The van der Waals surface area contributed by atoms with Crippen molar-refractivity contribution in [2.24, 2.45) is 10.1 Å². The number of nitrogens with one attached hydrogen (secondary N) is 3. The fourth-order valence-corrected chi connectivity index (χ4v) is 3.88. The molecule has 29 heavy (non-hydrogen) atoms. The highest BCUT2D eigenvalue weighted by molar-refractivity contribution is 6.30. The van der Waals surface area contributed by atoms with E-state index in [2.05, 4.69) is 26.2 Å². The van der Waals surface area contributed by atoms with E-state index in [0.29, 0.717) is 18.2 Å². The van der Waals surface area contributed by atoms with Crippen LogP contribution in [0, 0.1) is 0 Å². The number of benzene rings is 2. The lowest BCUT2D eigenvalue weighted by molar-refractivity contribution is 0.0768. The van der Waals surface area contributed by atoms with E-state index in [4.69, 9.17) is 26.9 Å². The zero-order chi connectivity index (χ0) is 20.1. The van der Waals surface area contributed by atoms with Gasteiger partial charge in [-0.3, -0.25) is 0 Å². The second kappa shape index (κ2) is 8.71. The number of fused-ring (bicyclic) bond motifs is 1. The first kappa shape index (κ1) is 19.5. The fraction of sp³-hybridized carbons (Fsp3) is 0.350. The summed E-state index contributed by atoms with van der Waals surface area (Å²) in [5, 5.41) is 8.03. The molecule has 0 radical (unpaired) electrons. The normalized spacial score (nSPS) is 18.0. The molecule has 0 saturated carbocycles. The second-order valence-electron chi connectivity index (χ2n) is 7.09. The molecule has 0 amide bonds. The van der Waals surface area contributed by atoms with Crippen LogP contribution in [-0.2, 0) is 4.74 Å². The number of amidine groups is 1. The van der Waals surface area contributed by atoms with Crippen molar-refractivity contribution in [3.63, 3.8) is 0 Å². The van der Waals surface area contributed by atoms with Crippen LogP contribution in [0.2, 0.25) is 5.02 Å². The fourth-order valence-electron chi connectivity index (χ4n) is 3.68. The summed E-state index contributed by atoms with van der Waals surface area (Å²) in [6.45, 7) is 1.55. The lowest BCUT2D eigenvalue weighted by Gasteiger charge is -2.42. The maximum atomic E-state index is 8.78. The number of nitrogens with zero attached hydrogens (tertiary/aromatic N) is 4. The Labute approximate surface area is 173 Å². The number of halogens is 1. The van der Waals surface area contributed by atoms with Crippen molar-refractivity contribution < 1.29 is 4.74 Å². The first-order valence-corrected chi connectivity index (χ1v) is 9.90. The van der Waals surface area contributed by atoms with Crippen LogP contribution in [0.15, 0.2) is 58.6 Å². The molecule has 1 atom stereocenters.